The smallest absolute Gasteiger partial charge is 0.163 e. The Morgan fingerprint density at radius 1 is 1.17 bits per heavy atom. The van der Waals surface area contributed by atoms with E-state index in [0.29, 0.717) is 6.61 Å². The molecule has 0 aliphatic heterocycles. The zero-order valence-electron chi connectivity index (χ0n) is 11.0. The van der Waals surface area contributed by atoms with E-state index < -0.39 is 0 Å². The molecule has 0 aliphatic rings. The minimum atomic E-state index is 0.0714. The summed E-state index contributed by atoms with van der Waals surface area (Å²) in [6.45, 7) is 4.52. The van der Waals surface area contributed by atoms with Gasteiger partial charge >= 0.3 is 0 Å². The van der Waals surface area contributed by atoms with Crippen molar-refractivity contribution in [3.63, 3.8) is 0 Å². The van der Waals surface area contributed by atoms with Gasteiger partial charge in [0.05, 0.1) is 12.3 Å². The summed E-state index contributed by atoms with van der Waals surface area (Å²) in [6.07, 6.45) is 0. The maximum Gasteiger partial charge on any atom is 0.163 e. The van der Waals surface area contributed by atoms with Gasteiger partial charge in [-0.3, -0.25) is 4.68 Å². The lowest BCUT2D eigenvalue weighted by molar-refractivity contribution is 0.281. The first kappa shape index (κ1) is 12.6. The summed E-state index contributed by atoms with van der Waals surface area (Å²) in [5.41, 5.74) is 3.92. The highest BCUT2D eigenvalue weighted by Crippen LogP contribution is 2.22. The summed E-state index contributed by atoms with van der Waals surface area (Å²) >= 11 is 0. The number of hydrogen-bond acceptors (Lipinski definition) is 3. The van der Waals surface area contributed by atoms with Crippen molar-refractivity contribution in [1.29, 1.82) is 0 Å². The van der Waals surface area contributed by atoms with E-state index >= 15 is 0 Å². The number of benzene rings is 1. The van der Waals surface area contributed by atoms with E-state index in [1.807, 2.05) is 49.8 Å². The van der Waals surface area contributed by atoms with Gasteiger partial charge in [0.1, 0.15) is 12.3 Å². The second kappa shape index (κ2) is 5.23. The molecule has 0 fully saturated rings. The Kier molecular flexibility index (Phi) is 3.67. The zero-order valence-corrected chi connectivity index (χ0v) is 11.0. The number of ether oxygens (including phenoxy) is 1. The highest BCUT2D eigenvalue weighted by atomic mass is 16.5. The van der Waals surface area contributed by atoms with Crippen molar-refractivity contribution < 1.29 is 9.84 Å². The molecule has 4 nitrogen and oxygen atoms in total. The first-order valence-corrected chi connectivity index (χ1v) is 5.93. The molecule has 0 amide bonds. The minimum absolute atomic E-state index is 0.0714. The van der Waals surface area contributed by atoms with E-state index in [4.69, 9.17) is 9.84 Å². The Morgan fingerprint density at radius 2 is 1.78 bits per heavy atom. The highest BCUT2D eigenvalue weighted by molar-refractivity contribution is 5.32. The Hall–Kier alpha value is -1.81. The number of aliphatic hydroxyl groups is 1. The SMILES string of the molecule is Cc1nn(C)c(C)c1OCc1ccc(CO)cc1. The van der Waals surface area contributed by atoms with Gasteiger partial charge in [0.25, 0.3) is 0 Å². The lowest BCUT2D eigenvalue weighted by atomic mass is 10.1. The molecular formula is C14H18N2O2. The molecule has 2 aromatic rings. The van der Waals surface area contributed by atoms with E-state index in [2.05, 4.69) is 5.10 Å². The lowest BCUT2D eigenvalue weighted by Gasteiger charge is -2.07. The quantitative estimate of drug-likeness (QED) is 0.898. The maximum atomic E-state index is 8.97. The molecular weight excluding hydrogens is 228 g/mol. The van der Waals surface area contributed by atoms with Crippen molar-refractivity contribution in [2.45, 2.75) is 27.1 Å². The fourth-order valence-electron chi connectivity index (χ4n) is 1.86. The molecule has 0 atom stereocenters. The molecule has 0 saturated carbocycles. The lowest BCUT2D eigenvalue weighted by Crippen LogP contribution is -1.98. The topological polar surface area (TPSA) is 47.3 Å². The molecule has 1 N–H and O–H groups in total. The second-order valence-corrected chi connectivity index (χ2v) is 4.39. The molecule has 1 heterocycles. The van der Waals surface area contributed by atoms with Crippen molar-refractivity contribution >= 4 is 0 Å². The Bertz CT molecular complexity index is 529. The van der Waals surface area contributed by atoms with Crippen LogP contribution in [0.15, 0.2) is 24.3 Å². The van der Waals surface area contributed by atoms with Gasteiger partial charge in [-0.1, -0.05) is 24.3 Å². The molecule has 96 valence electrons. The molecule has 0 aliphatic carbocycles. The molecule has 0 saturated heterocycles. The van der Waals surface area contributed by atoms with Gasteiger partial charge in [-0.15, -0.1) is 0 Å². The van der Waals surface area contributed by atoms with Crippen molar-refractivity contribution in [2.24, 2.45) is 7.05 Å². The number of aliphatic hydroxyl groups excluding tert-OH is 1. The minimum Gasteiger partial charge on any atom is -0.485 e. The van der Waals surface area contributed by atoms with Crippen molar-refractivity contribution in [3.8, 4) is 5.75 Å². The monoisotopic (exact) mass is 246 g/mol. The average Bonchev–Trinajstić information content (AvgIpc) is 2.62. The Labute approximate surface area is 107 Å². The van der Waals surface area contributed by atoms with Crippen LogP contribution in [0.5, 0.6) is 5.75 Å². The van der Waals surface area contributed by atoms with Crippen molar-refractivity contribution in [2.75, 3.05) is 0 Å². The predicted octanol–water partition coefficient (Wildman–Crippen LogP) is 2.11. The molecule has 18 heavy (non-hydrogen) atoms. The van der Waals surface area contributed by atoms with Crippen LogP contribution in [0, 0.1) is 13.8 Å². The van der Waals surface area contributed by atoms with E-state index in [1.54, 1.807) is 0 Å². The highest BCUT2D eigenvalue weighted by Gasteiger charge is 2.10. The first-order valence-electron chi connectivity index (χ1n) is 5.93. The molecule has 4 heteroatoms. The molecule has 1 aromatic heterocycles. The van der Waals surface area contributed by atoms with Crippen LogP contribution >= 0.6 is 0 Å². The summed E-state index contributed by atoms with van der Waals surface area (Å²) in [7, 11) is 1.91. The number of hydrogen-bond donors (Lipinski definition) is 1. The van der Waals surface area contributed by atoms with Crippen molar-refractivity contribution in [3.05, 3.63) is 46.8 Å². The number of aryl methyl sites for hydroxylation is 2. The third-order valence-electron chi connectivity index (χ3n) is 3.03. The Balaban J connectivity index is 2.06. The van der Waals surface area contributed by atoms with Crippen LogP contribution in [0.3, 0.4) is 0 Å². The van der Waals surface area contributed by atoms with E-state index in [0.717, 1.165) is 28.3 Å². The zero-order chi connectivity index (χ0) is 13.1. The number of aromatic nitrogens is 2. The summed E-state index contributed by atoms with van der Waals surface area (Å²) < 4.78 is 7.62. The third-order valence-corrected chi connectivity index (χ3v) is 3.03. The fourth-order valence-corrected chi connectivity index (χ4v) is 1.86. The fraction of sp³-hybridized carbons (Fsp3) is 0.357. The van der Waals surface area contributed by atoms with Gasteiger partial charge in [0.15, 0.2) is 5.75 Å². The van der Waals surface area contributed by atoms with Crippen LogP contribution < -0.4 is 4.74 Å². The van der Waals surface area contributed by atoms with Crippen LogP contribution in [-0.2, 0) is 20.3 Å². The van der Waals surface area contributed by atoms with Gasteiger partial charge in [-0.2, -0.15) is 5.10 Å². The third kappa shape index (κ3) is 2.54. The van der Waals surface area contributed by atoms with Crippen LogP contribution in [0.2, 0.25) is 0 Å². The molecule has 0 radical (unpaired) electrons. The largest absolute Gasteiger partial charge is 0.485 e. The summed E-state index contributed by atoms with van der Waals surface area (Å²) in [6, 6.07) is 7.74. The van der Waals surface area contributed by atoms with Crippen LogP contribution in [0.25, 0.3) is 0 Å². The molecule has 1 aromatic carbocycles. The van der Waals surface area contributed by atoms with Gasteiger partial charge in [0.2, 0.25) is 0 Å². The number of nitrogens with zero attached hydrogens (tertiary/aromatic N) is 2. The van der Waals surface area contributed by atoms with Crippen molar-refractivity contribution in [1.82, 2.24) is 9.78 Å². The van der Waals surface area contributed by atoms with Gasteiger partial charge < -0.3 is 9.84 Å². The average molecular weight is 246 g/mol. The van der Waals surface area contributed by atoms with Crippen LogP contribution in [0.1, 0.15) is 22.5 Å². The van der Waals surface area contributed by atoms with Gasteiger partial charge in [0, 0.05) is 7.05 Å². The molecule has 0 bridgehead atoms. The first-order chi connectivity index (χ1) is 8.61. The van der Waals surface area contributed by atoms with Crippen LogP contribution in [0.4, 0.5) is 0 Å². The van der Waals surface area contributed by atoms with Gasteiger partial charge in [-0.25, -0.2) is 0 Å². The van der Waals surface area contributed by atoms with E-state index in [1.165, 1.54) is 0 Å². The molecule has 2 rings (SSSR count). The van der Waals surface area contributed by atoms with E-state index in [-0.39, 0.29) is 6.61 Å². The normalized spacial score (nSPS) is 10.7. The molecule has 0 spiro atoms. The maximum absolute atomic E-state index is 8.97. The summed E-state index contributed by atoms with van der Waals surface area (Å²) in [5, 5.41) is 13.3. The summed E-state index contributed by atoms with van der Waals surface area (Å²) in [4.78, 5) is 0. The standard InChI is InChI=1S/C14H18N2O2/c1-10-14(11(2)16(3)15-10)18-9-13-6-4-12(8-17)5-7-13/h4-7,17H,8-9H2,1-3H3. The molecule has 0 unspecified atom stereocenters. The number of rotatable bonds is 4. The Morgan fingerprint density at radius 3 is 2.28 bits per heavy atom. The van der Waals surface area contributed by atoms with Crippen LogP contribution in [-0.4, -0.2) is 14.9 Å². The summed E-state index contributed by atoms with van der Waals surface area (Å²) in [5.74, 6) is 0.851. The van der Waals surface area contributed by atoms with Gasteiger partial charge in [-0.05, 0) is 25.0 Å². The predicted molar refractivity (Wildman–Crippen MR) is 69.4 cm³/mol. The second-order valence-electron chi connectivity index (χ2n) is 4.39. The van der Waals surface area contributed by atoms with E-state index in [9.17, 15) is 0 Å².